The van der Waals surface area contributed by atoms with Gasteiger partial charge in [0.25, 0.3) is 5.91 Å². The predicted molar refractivity (Wildman–Crippen MR) is 107 cm³/mol. The van der Waals surface area contributed by atoms with Crippen molar-refractivity contribution in [2.75, 3.05) is 20.3 Å². The number of hydrogen-bond donors (Lipinski definition) is 1. The first-order valence-electron chi connectivity index (χ1n) is 9.47. The van der Waals surface area contributed by atoms with Gasteiger partial charge in [0.2, 0.25) is 0 Å². The second kappa shape index (κ2) is 11.7. The van der Waals surface area contributed by atoms with Crippen molar-refractivity contribution in [1.82, 2.24) is 5.32 Å². The molecule has 162 valence electrons. The van der Waals surface area contributed by atoms with Crippen molar-refractivity contribution in [1.29, 1.82) is 0 Å². The number of rotatable bonds is 12. The van der Waals surface area contributed by atoms with Gasteiger partial charge in [-0.25, -0.2) is 0 Å². The zero-order chi connectivity index (χ0) is 21.9. The molecule has 0 heterocycles. The first-order valence-corrected chi connectivity index (χ1v) is 9.47. The number of nitrogens with one attached hydrogen (secondary N) is 1. The third-order valence-corrected chi connectivity index (χ3v) is 4.24. The molecule has 0 radical (unpaired) electrons. The highest BCUT2D eigenvalue weighted by Crippen LogP contribution is 2.29. The van der Waals surface area contributed by atoms with E-state index in [1.807, 2.05) is 12.1 Å². The van der Waals surface area contributed by atoms with Gasteiger partial charge in [-0.1, -0.05) is 18.2 Å². The Kier molecular flexibility index (Phi) is 9.05. The number of Topliss-reactive ketones (excluding diaryl/α,β-unsaturated/α-hetero) is 1. The lowest BCUT2D eigenvalue weighted by atomic mass is 10.1. The van der Waals surface area contributed by atoms with E-state index in [0.29, 0.717) is 37.1 Å². The van der Waals surface area contributed by atoms with Crippen molar-refractivity contribution in [3.8, 4) is 17.2 Å². The molecule has 1 amide bonds. The van der Waals surface area contributed by atoms with E-state index in [2.05, 4.69) is 10.1 Å². The molecule has 0 bridgehead atoms. The number of benzene rings is 2. The Labute approximate surface area is 174 Å². The molecule has 6 nitrogen and oxygen atoms in total. The van der Waals surface area contributed by atoms with E-state index in [9.17, 15) is 18.4 Å². The van der Waals surface area contributed by atoms with Crippen LogP contribution in [0.3, 0.4) is 0 Å². The fourth-order valence-corrected chi connectivity index (χ4v) is 2.68. The summed E-state index contributed by atoms with van der Waals surface area (Å²) in [5.41, 5.74) is 1.74. The van der Waals surface area contributed by atoms with Crippen LogP contribution in [0, 0.1) is 0 Å². The molecule has 8 heteroatoms. The number of ether oxygens (including phenoxy) is 3. The van der Waals surface area contributed by atoms with Gasteiger partial charge in [-0.05, 0) is 55.2 Å². The number of amides is 1. The Morgan fingerprint density at radius 3 is 2.33 bits per heavy atom. The van der Waals surface area contributed by atoms with Crippen LogP contribution in [0.5, 0.6) is 17.2 Å². The fourth-order valence-electron chi connectivity index (χ4n) is 2.68. The maximum atomic E-state index is 12.5. The highest BCUT2D eigenvalue weighted by Gasteiger charge is 2.11. The summed E-state index contributed by atoms with van der Waals surface area (Å²) in [6.07, 6.45) is 1.60. The largest absolute Gasteiger partial charge is 0.493 e. The van der Waals surface area contributed by atoms with E-state index in [4.69, 9.17) is 9.47 Å². The minimum absolute atomic E-state index is 0.0496. The maximum Gasteiger partial charge on any atom is 0.387 e. The Morgan fingerprint density at radius 1 is 1.00 bits per heavy atom. The predicted octanol–water partition coefficient (Wildman–Crippen LogP) is 3.56. The lowest BCUT2D eigenvalue weighted by Gasteiger charge is -2.12. The molecule has 0 spiro atoms. The Bertz CT molecular complexity index is 840. The Morgan fingerprint density at radius 2 is 1.70 bits per heavy atom. The van der Waals surface area contributed by atoms with E-state index in [1.165, 1.54) is 19.2 Å². The van der Waals surface area contributed by atoms with Gasteiger partial charge in [0.15, 0.2) is 18.1 Å². The summed E-state index contributed by atoms with van der Waals surface area (Å²) >= 11 is 0. The van der Waals surface area contributed by atoms with E-state index in [1.54, 1.807) is 25.1 Å². The van der Waals surface area contributed by atoms with Gasteiger partial charge < -0.3 is 24.3 Å². The first kappa shape index (κ1) is 23.1. The molecule has 0 saturated carbocycles. The number of hydrogen-bond acceptors (Lipinski definition) is 5. The van der Waals surface area contributed by atoms with Crippen LogP contribution in [0.4, 0.5) is 8.78 Å². The average Bonchev–Trinajstić information content (AvgIpc) is 2.71. The van der Waals surface area contributed by atoms with E-state index in [0.717, 1.165) is 5.56 Å². The lowest BCUT2D eigenvalue weighted by molar-refractivity contribution is -0.123. The molecule has 1 N–H and O–H groups in total. The first-order chi connectivity index (χ1) is 14.4. The van der Waals surface area contributed by atoms with Crippen LogP contribution in [0.25, 0.3) is 0 Å². The SMILES string of the molecule is COc1ccc(CCNC(=O)COc2ccc(CCC(C)=O)cc2)cc1OC(F)F. The smallest absolute Gasteiger partial charge is 0.387 e. The van der Waals surface area contributed by atoms with E-state index < -0.39 is 6.61 Å². The van der Waals surface area contributed by atoms with Gasteiger partial charge in [-0.2, -0.15) is 8.78 Å². The van der Waals surface area contributed by atoms with E-state index in [-0.39, 0.29) is 29.8 Å². The molecule has 0 aliphatic heterocycles. The third kappa shape index (κ3) is 8.06. The summed E-state index contributed by atoms with van der Waals surface area (Å²) in [6.45, 7) is -1.22. The molecular weight excluding hydrogens is 396 g/mol. The van der Waals surface area contributed by atoms with Gasteiger partial charge in [-0.3, -0.25) is 4.79 Å². The summed E-state index contributed by atoms with van der Waals surface area (Å²) in [5.74, 6) is 0.559. The van der Waals surface area contributed by atoms with Crippen molar-refractivity contribution in [3.63, 3.8) is 0 Å². The number of carbonyl (C=O) groups is 2. The van der Waals surface area contributed by atoms with Crippen LogP contribution in [-0.2, 0) is 22.4 Å². The minimum Gasteiger partial charge on any atom is -0.493 e. The number of ketones is 1. The summed E-state index contributed by atoms with van der Waals surface area (Å²) in [7, 11) is 1.37. The fraction of sp³-hybridized carbons (Fsp3) is 0.364. The van der Waals surface area contributed by atoms with Crippen LogP contribution in [0.1, 0.15) is 24.5 Å². The van der Waals surface area contributed by atoms with E-state index >= 15 is 0 Å². The standard InChI is InChI=1S/C22H25F2NO5/c1-15(26)3-4-16-5-8-18(9-6-16)29-14-21(27)25-12-11-17-7-10-19(28-2)20(13-17)30-22(23)24/h5-10,13,22H,3-4,11-12,14H2,1-2H3,(H,25,27). The van der Waals surface area contributed by atoms with Crippen molar-refractivity contribution >= 4 is 11.7 Å². The molecule has 0 aliphatic rings. The second-order valence-electron chi connectivity index (χ2n) is 6.60. The number of carbonyl (C=O) groups excluding carboxylic acids is 2. The number of methoxy groups -OCH3 is 1. The van der Waals surface area contributed by atoms with Crippen molar-refractivity contribution < 1.29 is 32.6 Å². The van der Waals surface area contributed by atoms with Gasteiger partial charge in [0.05, 0.1) is 7.11 Å². The topological polar surface area (TPSA) is 73.9 Å². The molecule has 0 saturated heterocycles. The zero-order valence-electron chi connectivity index (χ0n) is 17.0. The monoisotopic (exact) mass is 421 g/mol. The summed E-state index contributed by atoms with van der Waals surface area (Å²) in [6, 6.07) is 11.9. The molecule has 0 fully saturated rings. The van der Waals surface area contributed by atoms with Crippen LogP contribution < -0.4 is 19.5 Å². The molecule has 2 aromatic rings. The number of halogens is 2. The zero-order valence-corrected chi connectivity index (χ0v) is 17.0. The van der Waals surface area contributed by atoms with Crippen molar-refractivity contribution in [2.24, 2.45) is 0 Å². The van der Waals surface area contributed by atoms with Gasteiger partial charge in [0, 0.05) is 13.0 Å². The number of aryl methyl sites for hydroxylation is 1. The molecule has 30 heavy (non-hydrogen) atoms. The molecule has 2 aromatic carbocycles. The molecular formula is C22H25F2NO5. The quantitative estimate of drug-likeness (QED) is 0.567. The summed E-state index contributed by atoms with van der Waals surface area (Å²) in [5, 5.41) is 2.71. The molecule has 0 unspecified atom stereocenters. The normalized spacial score (nSPS) is 10.6. The van der Waals surface area contributed by atoms with Gasteiger partial charge in [-0.15, -0.1) is 0 Å². The van der Waals surface area contributed by atoms with Gasteiger partial charge >= 0.3 is 6.61 Å². The van der Waals surface area contributed by atoms with Gasteiger partial charge in [0.1, 0.15) is 11.5 Å². The van der Waals surface area contributed by atoms with Crippen LogP contribution in [0.15, 0.2) is 42.5 Å². The average molecular weight is 421 g/mol. The second-order valence-corrected chi connectivity index (χ2v) is 6.60. The lowest BCUT2D eigenvalue weighted by Crippen LogP contribution is -2.30. The third-order valence-electron chi connectivity index (χ3n) is 4.24. The summed E-state index contributed by atoms with van der Waals surface area (Å²) in [4.78, 5) is 23.0. The van der Waals surface area contributed by atoms with Crippen LogP contribution in [-0.4, -0.2) is 38.6 Å². The molecule has 0 aromatic heterocycles. The maximum absolute atomic E-state index is 12.5. The van der Waals surface area contributed by atoms with Crippen LogP contribution in [0.2, 0.25) is 0 Å². The molecule has 0 atom stereocenters. The van der Waals surface area contributed by atoms with Crippen molar-refractivity contribution in [2.45, 2.75) is 32.8 Å². The highest BCUT2D eigenvalue weighted by atomic mass is 19.3. The molecule has 0 aliphatic carbocycles. The number of alkyl halides is 2. The Balaban J connectivity index is 1.75. The Hall–Kier alpha value is -3.16. The highest BCUT2D eigenvalue weighted by molar-refractivity contribution is 5.77. The minimum atomic E-state index is -2.95. The van der Waals surface area contributed by atoms with Crippen molar-refractivity contribution in [3.05, 3.63) is 53.6 Å². The summed E-state index contributed by atoms with van der Waals surface area (Å²) < 4.78 is 39.8. The molecule has 2 rings (SSSR count). The van der Waals surface area contributed by atoms with Crippen LogP contribution >= 0.6 is 0 Å².